The van der Waals surface area contributed by atoms with Gasteiger partial charge in [0.1, 0.15) is 6.10 Å². The Morgan fingerprint density at radius 1 is 0.967 bits per heavy atom. The minimum atomic E-state index is -0.887. The van der Waals surface area contributed by atoms with E-state index in [0.717, 1.165) is 5.56 Å². The number of benzene rings is 2. The highest BCUT2D eigenvalue weighted by Gasteiger charge is 2.60. The number of ketones is 1. The van der Waals surface area contributed by atoms with E-state index in [4.69, 9.17) is 14.2 Å². The third-order valence-corrected chi connectivity index (χ3v) is 6.20. The van der Waals surface area contributed by atoms with Crippen molar-refractivity contribution in [3.05, 3.63) is 65.7 Å². The Labute approximate surface area is 176 Å². The van der Waals surface area contributed by atoms with Gasteiger partial charge in [0.05, 0.1) is 25.0 Å². The van der Waals surface area contributed by atoms with Crippen LogP contribution in [0.1, 0.15) is 43.9 Å². The molecule has 0 aromatic heterocycles. The van der Waals surface area contributed by atoms with E-state index in [-0.39, 0.29) is 11.8 Å². The Morgan fingerprint density at radius 2 is 1.70 bits per heavy atom. The van der Waals surface area contributed by atoms with E-state index in [1.165, 1.54) is 0 Å². The molecule has 4 rings (SSSR count). The number of hydrogen-bond acceptors (Lipinski definition) is 5. The molecule has 2 aromatic rings. The molecular weight excluding hydrogens is 380 g/mol. The van der Waals surface area contributed by atoms with Gasteiger partial charge in [-0.1, -0.05) is 48.5 Å². The molecule has 0 bridgehead atoms. The van der Waals surface area contributed by atoms with E-state index in [0.29, 0.717) is 35.5 Å². The number of esters is 1. The van der Waals surface area contributed by atoms with E-state index >= 15 is 0 Å². The lowest BCUT2D eigenvalue weighted by molar-refractivity contribution is -0.186. The Balaban J connectivity index is 1.84. The van der Waals surface area contributed by atoms with Gasteiger partial charge in [-0.25, -0.2) is 0 Å². The molecule has 2 aliphatic rings. The lowest BCUT2D eigenvalue weighted by Crippen LogP contribution is -2.49. The Bertz CT molecular complexity index is 1020. The second-order valence-electron chi connectivity index (χ2n) is 8.60. The van der Waals surface area contributed by atoms with Crippen molar-refractivity contribution >= 4 is 17.3 Å². The fraction of sp³-hybridized carbons (Fsp3) is 0.360. The molecule has 5 nitrogen and oxygen atoms in total. The van der Waals surface area contributed by atoms with Gasteiger partial charge >= 0.3 is 5.97 Å². The Morgan fingerprint density at radius 3 is 2.37 bits per heavy atom. The van der Waals surface area contributed by atoms with E-state index in [2.05, 4.69) is 0 Å². The van der Waals surface area contributed by atoms with Crippen LogP contribution in [0.3, 0.4) is 0 Å². The van der Waals surface area contributed by atoms with Gasteiger partial charge in [-0.2, -0.15) is 0 Å². The second-order valence-corrected chi connectivity index (χ2v) is 8.60. The van der Waals surface area contributed by atoms with Gasteiger partial charge in [0, 0.05) is 11.1 Å². The summed E-state index contributed by atoms with van der Waals surface area (Å²) in [5.41, 5.74) is 0.555. The zero-order valence-corrected chi connectivity index (χ0v) is 17.7. The normalized spacial score (nSPS) is 25.1. The van der Waals surface area contributed by atoms with Crippen LogP contribution in [0.25, 0.3) is 5.57 Å². The van der Waals surface area contributed by atoms with E-state index < -0.39 is 16.9 Å². The van der Waals surface area contributed by atoms with Crippen LogP contribution < -0.4 is 9.47 Å². The number of cyclic esters (lactones) is 1. The van der Waals surface area contributed by atoms with Crippen LogP contribution in [0.4, 0.5) is 0 Å². The third kappa shape index (κ3) is 3.00. The summed E-state index contributed by atoms with van der Waals surface area (Å²) in [7, 11) is 3.11. The minimum absolute atomic E-state index is 0.00384. The summed E-state index contributed by atoms with van der Waals surface area (Å²) < 4.78 is 17.0. The molecule has 0 radical (unpaired) electrons. The minimum Gasteiger partial charge on any atom is -0.493 e. The standard InChI is InChI=1S/C25H26O5/c1-24(2)15-25(14-13-17(21(25)26)16-9-6-5-7-10-16)22(30-23(24)27)18-11-8-12-19(28-3)20(18)29-4/h5-13,22H,14-15H2,1-4H3/t22-,25-/m0/s1. The molecule has 1 aliphatic carbocycles. The van der Waals surface area contributed by atoms with E-state index in [9.17, 15) is 9.59 Å². The number of carbonyl (C=O) groups excluding carboxylic acids is 2. The van der Waals surface area contributed by atoms with Crippen LogP contribution in [0.15, 0.2) is 54.6 Å². The molecular formula is C25H26O5. The predicted molar refractivity (Wildman–Crippen MR) is 113 cm³/mol. The molecule has 30 heavy (non-hydrogen) atoms. The number of allylic oxidation sites excluding steroid dienone is 2. The molecule has 5 heteroatoms. The molecule has 0 N–H and O–H groups in total. The van der Waals surface area contributed by atoms with E-state index in [1.54, 1.807) is 20.3 Å². The highest BCUT2D eigenvalue weighted by Crippen LogP contribution is 2.59. The monoisotopic (exact) mass is 406 g/mol. The first-order valence-electron chi connectivity index (χ1n) is 10.1. The first-order chi connectivity index (χ1) is 14.3. The van der Waals surface area contributed by atoms with Gasteiger partial charge in [0.2, 0.25) is 0 Å². The van der Waals surface area contributed by atoms with Crippen molar-refractivity contribution < 1.29 is 23.8 Å². The number of carbonyl (C=O) groups is 2. The summed E-state index contributed by atoms with van der Waals surface area (Å²) in [6.45, 7) is 3.67. The van der Waals surface area contributed by atoms with Crippen molar-refractivity contribution in [1.82, 2.24) is 0 Å². The zero-order chi connectivity index (χ0) is 21.5. The number of Topliss-reactive ketones (excluding diaryl/α,β-unsaturated/α-hetero) is 1. The maximum Gasteiger partial charge on any atom is 0.312 e. The average Bonchev–Trinajstić information content (AvgIpc) is 3.06. The molecule has 2 aromatic carbocycles. The van der Waals surface area contributed by atoms with Gasteiger partial charge in [-0.15, -0.1) is 0 Å². The number of methoxy groups -OCH3 is 2. The lowest BCUT2D eigenvalue weighted by Gasteiger charge is -2.46. The molecule has 1 fully saturated rings. The second kappa shape index (κ2) is 7.31. The highest BCUT2D eigenvalue weighted by molar-refractivity contribution is 6.26. The number of hydrogen-bond donors (Lipinski definition) is 0. The van der Waals surface area contributed by atoms with Crippen molar-refractivity contribution in [3.8, 4) is 11.5 Å². The zero-order valence-electron chi connectivity index (χ0n) is 17.7. The molecule has 2 atom stereocenters. The summed E-state index contributed by atoms with van der Waals surface area (Å²) >= 11 is 0. The molecule has 0 unspecified atom stereocenters. The summed E-state index contributed by atoms with van der Waals surface area (Å²) in [4.78, 5) is 26.7. The van der Waals surface area contributed by atoms with Crippen LogP contribution in [-0.4, -0.2) is 26.0 Å². The Kier molecular flexibility index (Phi) is 4.92. The molecule has 0 saturated carbocycles. The highest BCUT2D eigenvalue weighted by atomic mass is 16.6. The quantitative estimate of drug-likeness (QED) is 0.685. The van der Waals surface area contributed by atoms with Crippen LogP contribution in [0.5, 0.6) is 11.5 Å². The fourth-order valence-electron chi connectivity index (χ4n) is 4.80. The third-order valence-electron chi connectivity index (χ3n) is 6.20. The van der Waals surface area contributed by atoms with Crippen molar-refractivity contribution in [2.24, 2.45) is 10.8 Å². The van der Waals surface area contributed by atoms with Gasteiger partial charge < -0.3 is 14.2 Å². The number of para-hydroxylation sites is 1. The van der Waals surface area contributed by atoms with Gasteiger partial charge in [0.15, 0.2) is 17.3 Å². The molecule has 1 saturated heterocycles. The van der Waals surface area contributed by atoms with E-state index in [1.807, 2.05) is 62.4 Å². The molecule has 1 spiro atoms. The SMILES string of the molecule is COc1cccc([C@@H]2OC(=O)C(C)(C)C[C@]23CC=C(c2ccccc2)C3=O)c1OC. The van der Waals surface area contributed by atoms with Crippen molar-refractivity contribution in [2.75, 3.05) is 14.2 Å². The number of ether oxygens (including phenoxy) is 3. The molecule has 156 valence electrons. The first-order valence-corrected chi connectivity index (χ1v) is 10.1. The van der Waals surface area contributed by atoms with Gasteiger partial charge in [-0.3, -0.25) is 9.59 Å². The Hall–Kier alpha value is -3.08. The number of rotatable bonds is 4. The lowest BCUT2D eigenvalue weighted by atomic mass is 9.63. The van der Waals surface area contributed by atoms with Gasteiger partial charge in [-0.05, 0) is 38.3 Å². The van der Waals surface area contributed by atoms with Crippen LogP contribution in [0.2, 0.25) is 0 Å². The summed E-state index contributed by atoms with van der Waals surface area (Å²) in [5, 5.41) is 0. The fourth-order valence-corrected chi connectivity index (χ4v) is 4.80. The molecule has 1 aliphatic heterocycles. The largest absolute Gasteiger partial charge is 0.493 e. The predicted octanol–water partition coefficient (Wildman–Crippen LogP) is 4.76. The first kappa shape index (κ1) is 20.2. The summed E-state index contributed by atoms with van der Waals surface area (Å²) in [6.07, 6.45) is 2.12. The van der Waals surface area contributed by atoms with Crippen molar-refractivity contribution in [2.45, 2.75) is 32.8 Å². The topological polar surface area (TPSA) is 61.8 Å². The van der Waals surface area contributed by atoms with Crippen molar-refractivity contribution in [3.63, 3.8) is 0 Å². The van der Waals surface area contributed by atoms with Crippen LogP contribution in [0, 0.1) is 10.8 Å². The summed E-state index contributed by atoms with van der Waals surface area (Å²) in [5.74, 6) is 0.707. The van der Waals surface area contributed by atoms with Crippen LogP contribution >= 0.6 is 0 Å². The summed E-state index contributed by atoms with van der Waals surface area (Å²) in [6, 6.07) is 15.1. The van der Waals surface area contributed by atoms with Gasteiger partial charge in [0.25, 0.3) is 0 Å². The molecule has 1 heterocycles. The van der Waals surface area contributed by atoms with Crippen LogP contribution in [-0.2, 0) is 14.3 Å². The maximum atomic E-state index is 13.9. The smallest absolute Gasteiger partial charge is 0.312 e. The van der Waals surface area contributed by atoms with Crippen molar-refractivity contribution in [1.29, 1.82) is 0 Å². The average molecular weight is 406 g/mol. The molecule has 0 amide bonds. The maximum absolute atomic E-state index is 13.9.